The van der Waals surface area contributed by atoms with Crippen LogP contribution < -0.4 is 20.7 Å². The molecule has 0 radical (unpaired) electrons. The van der Waals surface area contributed by atoms with E-state index in [2.05, 4.69) is 57.1 Å². The fraction of sp³-hybridized carbons (Fsp3) is 0.452. The number of rotatable bonds is 10. The largest absolute Gasteiger partial charge is 0.497 e. The van der Waals surface area contributed by atoms with Gasteiger partial charge >= 0.3 is 0 Å². The minimum absolute atomic E-state index is 0.0794. The molecule has 0 spiro atoms. The normalized spacial score (nSPS) is 15.1. The van der Waals surface area contributed by atoms with Crippen molar-refractivity contribution >= 4 is 17.4 Å². The molecule has 1 aliphatic rings. The molecule has 3 heterocycles. The van der Waals surface area contributed by atoms with Crippen molar-refractivity contribution in [3.05, 3.63) is 76.7 Å². The Morgan fingerprint density at radius 3 is 2.51 bits per heavy atom. The Morgan fingerprint density at radius 2 is 1.87 bits per heavy atom. The Morgan fingerprint density at radius 1 is 1.15 bits per heavy atom. The number of amides is 1. The number of likely N-dealkylation sites (tertiary alicyclic amines) is 1. The molecule has 1 fully saturated rings. The molecule has 208 valence electrons. The molecular weight excluding hydrogens is 488 g/mol. The third-order valence-electron chi connectivity index (χ3n) is 7.95. The van der Waals surface area contributed by atoms with Crippen molar-refractivity contribution in [2.75, 3.05) is 37.4 Å². The number of aryl methyl sites for hydroxylation is 3. The summed E-state index contributed by atoms with van der Waals surface area (Å²) < 4.78 is 5.39. The molecule has 8 heteroatoms. The summed E-state index contributed by atoms with van der Waals surface area (Å²) in [6.45, 7) is 11.6. The van der Waals surface area contributed by atoms with Gasteiger partial charge in [-0.15, -0.1) is 0 Å². The van der Waals surface area contributed by atoms with E-state index in [1.165, 1.54) is 16.8 Å². The van der Waals surface area contributed by atoms with Crippen LogP contribution in [0.25, 0.3) is 0 Å². The summed E-state index contributed by atoms with van der Waals surface area (Å²) in [5.41, 5.74) is 11.7. The molecule has 1 saturated heterocycles. The average molecular weight is 531 g/mol. The van der Waals surface area contributed by atoms with Gasteiger partial charge < -0.3 is 25.6 Å². The van der Waals surface area contributed by atoms with Gasteiger partial charge in [0.05, 0.1) is 18.4 Å². The minimum atomic E-state index is -0.0794. The maximum absolute atomic E-state index is 12.8. The first-order valence-electron chi connectivity index (χ1n) is 13.8. The smallest absolute Gasteiger partial charge is 0.253 e. The van der Waals surface area contributed by atoms with Gasteiger partial charge in [-0.1, -0.05) is 0 Å². The van der Waals surface area contributed by atoms with E-state index in [1.54, 1.807) is 13.2 Å². The molecule has 1 unspecified atom stereocenters. The topological polar surface area (TPSA) is 96.6 Å². The van der Waals surface area contributed by atoms with E-state index < -0.39 is 0 Å². The van der Waals surface area contributed by atoms with Crippen molar-refractivity contribution in [2.45, 2.75) is 65.6 Å². The number of hydrogen-bond donors (Lipinski definition) is 2. The average Bonchev–Trinajstić information content (AvgIpc) is 2.92. The number of nitrogens with zero attached hydrogens (tertiary/aromatic N) is 4. The lowest BCUT2D eigenvalue weighted by atomic mass is 9.99. The van der Waals surface area contributed by atoms with Gasteiger partial charge in [-0.25, -0.2) is 4.98 Å². The number of carbonyl (C=O) groups is 1. The zero-order valence-electron chi connectivity index (χ0n) is 23.9. The summed E-state index contributed by atoms with van der Waals surface area (Å²) >= 11 is 0. The van der Waals surface area contributed by atoms with E-state index in [9.17, 15) is 4.79 Å². The summed E-state index contributed by atoms with van der Waals surface area (Å²) in [5.74, 6) is 1.23. The fourth-order valence-electron chi connectivity index (χ4n) is 5.56. The molecule has 1 atom stereocenters. The molecule has 2 aromatic heterocycles. The highest BCUT2D eigenvalue weighted by molar-refractivity contribution is 5.96. The van der Waals surface area contributed by atoms with Crippen LogP contribution in [0.15, 0.2) is 48.8 Å². The Bertz CT molecular complexity index is 1230. The van der Waals surface area contributed by atoms with Crippen LogP contribution in [0.3, 0.4) is 0 Å². The van der Waals surface area contributed by atoms with Gasteiger partial charge in [-0.3, -0.25) is 9.78 Å². The van der Waals surface area contributed by atoms with Crippen LogP contribution in [-0.4, -0.2) is 59.6 Å². The summed E-state index contributed by atoms with van der Waals surface area (Å²) in [6.07, 6.45) is 6.90. The SMILES string of the molecule is COc1ccc(N(Cc2cnccc2C)C2CCN(C(C)CCNC(=O)c3c(C)cc(N)nc3C)CC2)cc1. The zero-order chi connectivity index (χ0) is 27.9. The number of piperidine rings is 1. The Labute approximate surface area is 232 Å². The van der Waals surface area contributed by atoms with E-state index in [4.69, 9.17) is 10.5 Å². The van der Waals surface area contributed by atoms with Crippen molar-refractivity contribution in [2.24, 2.45) is 0 Å². The number of aromatic nitrogens is 2. The number of pyridine rings is 2. The maximum Gasteiger partial charge on any atom is 0.253 e. The monoisotopic (exact) mass is 530 g/mol. The summed E-state index contributed by atoms with van der Waals surface area (Å²) in [6, 6.07) is 13.0. The van der Waals surface area contributed by atoms with E-state index in [1.807, 2.05) is 38.4 Å². The number of carbonyl (C=O) groups excluding carboxylic acids is 1. The van der Waals surface area contributed by atoms with Gasteiger partial charge in [0.25, 0.3) is 5.91 Å². The van der Waals surface area contributed by atoms with Crippen molar-refractivity contribution < 1.29 is 9.53 Å². The van der Waals surface area contributed by atoms with Crippen molar-refractivity contribution in [3.8, 4) is 5.75 Å². The van der Waals surface area contributed by atoms with Crippen LogP contribution in [0.2, 0.25) is 0 Å². The van der Waals surface area contributed by atoms with Crippen LogP contribution in [0.4, 0.5) is 11.5 Å². The van der Waals surface area contributed by atoms with Crippen molar-refractivity contribution in [3.63, 3.8) is 0 Å². The van der Waals surface area contributed by atoms with Gasteiger partial charge in [-0.2, -0.15) is 0 Å². The first-order valence-corrected chi connectivity index (χ1v) is 13.8. The molecule has 1 amide bonds. The fourth-order valence-corrected chi connectivity index (χ4v) is 5.56. The number of anilines is 2. The van der Waals surface area contributed by atoms with Gasteiger partial charge in [0.2, 0.25) is 0 Å². The van der Waals surface area contributed by atoms with E-state index in [-0.39, 0.29) is 5.91 Å². The second-order valence-corrected chi connectivity index (χ2v) is 10.6. The van der Waals surface area contributed by atoms with Crippen molar-refractivity contribution in [1.82, 2.24) is 20.2 Å². The number of nitrogens with two attached hydrogens (primary N) is 1. The highest BCUT2D eigenvalue weighted by Gasteiger charge is 2.28. The molecule has 3 aromatic rings. The zero-order valence-corrected chi connectivity index (χ0v) is 23.9. The molecule has 3 N–H and O–H groups in total. The van der Waals surface area contributed by atoms with Gasteiger partial charge in [0.15, 0.2) is 0 Å². The first kappa shape index (κ1) is 28.4. The van der Waals surface area contributed by atoms with E-state index in [0.29, 0.717) is 35.7 Å². The summed E-state index contributed by atoms with van der Waals surface area (Å²) in [4.78, 5) is 26.5. The van der Waals surface area contributed by atoms with Gasteiger partial charge in [0, 0.05) is 56.3 Å². The second kappa shape index (κ2) is 12.9. The Hall–Kier alpha value is -3.65. The Kier molecular flexibility index (Phi) is 9.41. The van der Waals surface area contributed by atoms with Crippen LogP contribution in [0.5, 0.6) is 5.75 Å². The van der Waals surface area contributed by atoms with Crippen molar-refractivity contribution in [1.29, 1.82) is 0 Å². The number of methoxy groups -OCH3 is 1. The first-order chi connectivity index (χ1) is 18.8. The number of nitrogen functional groups attached to an aromatic ring is 1. The number of hydrogen-bond acceptors (Lipinski definition) is 7. The third kappa shape index (κ3) is 7.06. The molecule has 0 saturated carbocycles. The quantitative estimate of drug-likeness (QED) is 0.393. The molecule has 1 aliphatic heterocycles. The van der Waals surface area contributed by atoms with Crippen LogP contribution in [0, 0.1) is 20.8 Å². The molecule has 0 aliphatic carbocycles. The molecule has 1 aromatic carbocycles. The predicted molar refractivity (Wildman–Crippen MR) is 157 cm³/mol. The predicted octanol–water partition coefficient (Wildman–Crippen LogP) is 4.67. The lowest BCUT2D eigenvalue weighted by Crippen LogP contribution is -2.48. The Balaban J connectivity index is 1.34. The lowest BCUT2D eigenvalue weighted by molar-refractivity contribution is 0.0943. The highest BCUT2D eigenvalue weighted by atomic mass is 16.5. The minimum Gasteiger partial charge on any atom is -0.497 e. The van der Waals surface area contributed by atoms with Gasteiger partial charge in [0.1, 0.15) is 11.6 Å². The maximum atomic E-state index is 12.8. The molecule has 39 heavy (non-hydrogen) atoms. The van der Waals surface area contributed by atoms with Crippen LogP contribution in [-0.2, 0) is 6.54 Å². The molecule has 4 rings (SSSR count). The van der Waals surface area contributed by atoms with E-state index >= 15 is 0 Å². The number of benzene rings is 1. The number of ether oxygens (including phenoxy) is 1. The molecular formula is C31H42N6O2. The van der Waals surface area contributed by atoms with E-state index in [0.717, 1.165) is 50.2 Å². The van der Waals surface area contributed by atoms with Crippen LogP contribution in [0.1, 0.15) is 58.9 Å². The summed E-state index contributed by atoms with van der Waals surface area (Å²) in [7, 11) is 1.70. The standard InChI is InChI=1S/C31H42N6O2/c1-21-10-14-33-19-25(21)20-37(26-6-8-28(39-5)9-7-26)27-12-16-36(17-13-27)23(3)11-15-34-31(38)30-22(2)18-29(32)35-24(30)4/h6-10,14,18-19,23,27H,11-13,15-17,20H2,1-5H3,(H2,32,35)(H,34,38). The second-order valence-electron chi connectivity index (χ2n) is 10.6. The number of nitrogens with one attached hydrogen (secondary N) is 1. The lowest BCUT2D eigenvalue weighted by Gasteiger charge is -2.42. The highest BCUT2D eigenvalue weighted by Crippen LogP contribution is 2.29. The van der Waals surface area contributed by atoms with Gasteiger partial charge in [-0.05, 0) is 100 Å². The molecule has 8 nitrogen and oxygen atoms in total. The van der Waals surface area contributed by atoms with Crippen LogP contribution >= 0.6 is 0 Å². The third-order valence-corrected chi connectivity index (χ3v) is 7.95. The molecule has 0 bridgehead atoms. The summed E-state index contributed by atoms with van der Waals surface area (Å²) in [5, 5.41) is 3.09.